The third-order valence-electron chi connectivity index (χ3n) is 3.87. The lowest BCUT2D eigenvalue weighted by molar-refractivity contribution is 0.100. The molecule has 3 N–H and O–H groups in total. The van der Waals surface area contributed by atoms with Gasteiger partial charge in [-0.15, -0.1) is 5.10 Å². The van der Waals surface area contributed by atoms with E-state index in [1.807, 2.05) is 25.1 Å². The number of aromatic amines is 1. The Morgan fingerprint density at radius 3 is 2.92 bits per heavy atom. The fourth-order valence-corrected chi connectivity index (χ4v) is 2.68. The van der Waals surface area contributed by atoms with E-state index in [9.17, 15) is 9.59 Å². The molecule has 0 aliphatic rings. The normalized spacial score (nSPS) is 11.4. The third-order valence-corrected chi connectivity index (χ3v) is 3.87. The molecule has 1 amide bonds. The summed E-state index contributed by atoms with van der Waals surface area (Å²) in [5, 5.41) is 10.8. The van der Waals surface area contributed by atoms with Crippen molar-refractivity contribution in [3.8, 4) is 11.3 Å². The lowest BCUT2D eigenvalue weighted by Gasteiger charge is -2.03. The first-order valence-corrected chi connectivity index (χ1v) is 7.33. The largest absolute Gasteiger partial charge is 0.365 e. The molecule has 4 aromatic rings. The van der Waals surface area contributed by atoms with Gasteiger partial charge in [0.15, 0.2) is 5.65 Å². The summed E-state index contributed by atoms with van der Waals surface area (Å²) in [6.45, 7) is 2.70. The Kier molecular flexibility index (Phi) is 2.95. The number of nitrogens with zero attached hydrogens (tertiary/aromatic N) is 5. The van der Waals surface area contributed by atoms with Crippen LogP contribution in [0.3, 0.4) is 0 Å². The van der Waals surface area contributed by atoms with Gasteiger partial charge in [-0.25, -0.2) is 14.2 Å². The highest BCUT2D eigenvalue weighted by atomic mass is 16.1. The van der Waals surface area contributed by atoms with Crippen LogP contribution >= 0.6 is 0 Å². The van der Waals surface area contributed by atoms with Gasteiger partial charge in [0, 0.05) is 24.4 Å². The molecule has 0 bridgehead atoms. The Bertz CT molecular complexity index is 1150. The van der Waals surface area contributed by atoms with Crippen LogP contribution in [0, 0.1) is 0 Å². The van der Waals surface area contributed by atoms with Crippen molar-refractivity contribution in [2.24, 2.45) is 5.73 Å². The van der Waals surface area contributed by atoms with E-state index >= 15 is 0 Å². The first-order valence-electron chi connectivity index (χ1n) is 7.33. The molecule has 120 valence electrons. The number of carbonyl (C=O) groups excluding carboxylic acids is 1. The summed E-state index contributed by atoms with van der Waals surface area (Å²) in [4.78, 5) is 28.1. The van der Waals surface area contributed by atoms with Gasteiger partial charge in [0.25, 0.3) is 11.5 Å². The van der Waals surface area contributed by atoms with Gasteiger partial charge in [0.1, 0.15) is 11.1 Å². The van der Waals surface area contributed by atoms with Crippen molar-refractivity contribution in [1.82, 2.24) is 29.6 Å². The van der Waals surface area contributed by atoms with Crippen molar-refractivity contribution < 1.29 is 4.79 Å². The van der Waals surface area contributed by atoms with Crippen LogP contribution in [0.2, 0.25) is 0 Å². The van der Waals surface area contributed by atoms with E-state index in [1.165, 1.54) is 16.8 Å². The van der Waals surface area contributed by atoms with Crippen molar-refractivity contribution >= 4 is 22.6 Å². The number of nitrogens with one attached hydrogen (secondary N) is 1. The Balaban J connectivity index is 1.94. The Morgan fingerprint density at radius 1 is 1.33 bits per heavy atom. The van der Waals surface area contributed by atoms with Gasteiger partial charge >= 0.3 is 0 Å². The van der Waals surface area contributed by atoms with Crippen molar-refractivity contribution in [1.29, 1.82) is 0 Å². The maximum Gasteiger partial charge on any atom is 0.273 e. The van der Waals surface area contributed by atoms with Crippen LogP contribution in [0.5, 0.6) is 0 Å². The quantitative estimate of drug-likeness (QED) is 0.570. The topological polar surface area (TPSA) is 124 Å². The number of carbonyl (C=O) groups is 1. The van der Waals surface area contributed by atoms with Gasteiger partial charge in [-0.3, -0.25) is 14.7 Å². The van der Waals surface area contributed by atoms with E-state index in [4.69, 9.17) is 5.73 Å². The van der Waals surface area contributed by atoms with Crippen molar-refractivity contribution in [3.05, 3.63) is 46.4 Å². The van der Waals surface area contributed by atoms with Crippen LogP contribution < -0.4 is 11.3 Å². The number of nitrogens with two attached hydrogens (primary N) is 1. The predicted molar refractivity (Wildman–Crippen MR) is 86.5 cm³/mol. The summed E-state index contributed by atoms with van der Waals surface area (Å²) in [6, 6.07) is 6.92. The van der Waals surface area contributed by atoms with Crippen LogP contribution in [-0.2, 0) is 6.54 Å². The highest BCUT2D eigenvalue weighted by Gasteiger charge is 2.14. The van der Waals surface area contributed by atoms with Gasteiger partial charge in [-0.05, 0) is 19.1 Å². The Labute approximate surface area is 134 Å². The molecular weight excluding hydrogens is 310 g/mol. The number of aromatic nitrogens is 6. The minimum absolute atomic E-state index is 0.159. The zero-order chi connectivity index (χ0) is 16.8. The molecule has 1 aromatic carbocycles. The molecule has 4 rings (SSSR count). The number of rotatable bonds is 3. The van der Waals surface area contributed by atoms with Gasteiger partial charge in [0.2, 0.25) is 0 Å². The van der Waals surface area contributed by atoms with E-state index in [2.05, 4.69) is 20.4 Å². The summed E-state index contributed by atoms with van der Waals surface area (Å²) in [5.41, 5.74) is 8.10. The molecule has 0 fully saturated rings. The van der Waals surface area contributed by atoms with E-state index < -0.39 is 5.91 Å². The molecule has 0 aliphatic carbocycles. The Morgan fingerprint density at radius 2 is 2.17 bits per heavy atom. The number of hydrogen-bond donors (Lipinski definition) is 2. The number of primary amides is 1. The van der Waals surface area contributed by atoms with Gasteiger partial charge in [-0.2, -0.15) is 0 Å². The fourth-order valence-electron chi connectivity index (χ4n) is 2.68. The minimum Gasteiger partial charge on any atom is -0.365 e. The van der Waals surface area contributed by atoms with Gasteiger partial charge in [0.05, 0.1) is 11.2 Å². The van der Waals surface area contributed by atoms with Crippen molar-refractivity contribution in [3.63, 3.8) is 0 Å². The van der Waals surface area contributed by atoms with Gasteiger partial charge < -0.3 is 5.73 Å². The molecule has 0 unspecified atom stereocenters. The second-order valence-corrected chi connectivity index (χ2v) is 5.30. The highest BCUT2D eigenvalue weighted by Crippen LogP contribution is 2.22. The maximum atomic E-state index is 12.2. The van der Waals surface area contributed by atoms with Crippen LogP contribution in [0.1, 0.15) is 17.3 Å². The molecule has 0 spiro atoms. The van der Waals surface area contributed by atoms with Crippen LogP contribution in [0.4, 0.5) is 0 Å². The van der Waals surface area contributed by atoms with Crippen LogP contribution in [0.15, 0.2) is 35.3 Å². The molecule has 3 heterocycles. The Hall–Kier alpha value is -3.49. The molecule has 0 atom stereocenters. The summed E-state index contributed by atoms with van der Waals surface area (Å²) < 4.78 is 2.96. The average molecular weight is 323 g/mol. The van der Waals surface area contributed by atoms with Crippen LogP contribution in [-0.4, -0.2) is 35.5 Å². The third kappa shape index (κ3) is 1.98. The standard InChI is InChI=1S/C15H13N7O2/c1-2-21-12-4-3-8(5-11(12)19-20-21)10-6-13(23)22-15(18-10)9(7-17-22)14(16)24/h3-7,17H,2H2,1H3,(H2,16,24). The number of amides is 1. The van der Waals surface area contributed by atoms with E-state index in [1.54, 1.807) is 4.68 Å². The monoisotopic (exact) mass is 323 g/mol. The van der Waals surface area contributed by atoms with Crippen molar-refractivity contribution in [2.75, 3.05) is 0 Å². The molecule has 3 aromatic heterocycles. The number of hydrogen-bond acceptors (Lipinski definition) is 5. The number of fused-ring (bicyclic) bond motifs is 2. The summed E-state index contributed by atoms with van der Waals surface area (Å²) in [6.07, 6.45) is 1.37. The zero-order valence-electron chi connectivity index (χ0n) is 12.7. The average Bonchev–Trinajstić information content (AvgIpc) is 3.17. The smallest absolute Gasteiger partial charge is 0.273 e. The van der Waals surface area contributed by atoms with Crippen LogP contribution in [0.25, 0.3) is 27.9 Å². The lowest BCUT2D eigenvalue weighted by atomic mass is 10.1. The fraction of sp³-hybridized carbons (Fsp3) is 0.133. The first kappa shape index (κ1) is 14.1. The molecular formula is C15H13N7O2. The van der Waals surface area contributed by atoms with E-state index in [0.29, 0.717) is 23.3 Å². The molecule has 0 saturated heterocycles. The molecule has 9 heteroatoms. The molecule has 9 nitrogen and oxygen atoms in total. The number of H-pyrrole nitrogens is 1. The summed E-state index contributed by atoms with van der Waals surface area (Å²) >= 11 is 0. The predicted octanol–water partition coefficient (Wildman–Crippen LogP) is 0.553. The second-order valence-electron chi connectivity index (χ2n) is 5.30. The summed E-state index contributed by atoms with van der Waals surface area (Å²) in [5.74, 6) is -0.654. The maximum absolute atomic E-state index is 12.2. The molecule has 0 saturated carbocycles. The first-order chi connectivity index (χ1) is 11.6. The molecule has 24 heavy (non-hydrogen) atoms. The summed E-state index contributed by atoms with van der Waals surface area (Å²) in [7, 11) is 0. The number of benzene rings is 1. The molecule has 0 radical (unpaired) electrons. The zero-order valence-corrected chi connectivity index (χ0v) is 12.7. The van der Waals surface area contributed by atoms with E-state index in [-0.39, 0.29) is 16.8 Å². The van der Waals surface area contributed by atoms with E-state index in [0.717, 1.165) is 5.52 Å². The molecule has 0 aliphatic heterocycles. The lowest BCUT2D eigenvalue weighted by Crippen LogP contribution is -2.16. The SMILES string of the molecule is CCn1nnc2cc(-c3cc(=O)n4[nH]cc(C(N)=O)c4n3)ccc21. The van der Waals surface area contributed by atoms with Crippen molar-refractivity contribution in [2.45, 2.75) is 13.5 Å². The minimum atomic E-state index is -0.654. The van der Waals surface area contributed by atoms with Gasteiger partial charge in [-0.1, -0.05) is 11.3 Å². The second kappa shape index (κ2) is 5.01. The highest BCUT2D eigenvalue weighted by molar-refractivity contribution is 5.98. The number of aryl methyl sites for hydroxylation is 1.